The van der Waals surface area contributed by atoms with E-state index >= 15 is 0 Å². The van der Waals surface area contributed by atoms with Crippen LogP contribution in [0.2, 0.25) is 0 Å². The number of H-pyrrole nitrogens is 1. The molecule has 0 spiro atoms. The Kier molecular flexibility index (Phi) is 2.97. The number of benzene rings is 1. The monoisotopic (exact) mass is 260 g/mol. The first kappa shape index (κ1) is 12.5. The summed E-state index contributed by atoms with van der Waals surface area (Å²) in [5.41, 5.74) is 4.05. The quantitative estimate of drug-likeness (QED) is 0.902. The molecule has 1 N–H and O–H groups in total. The highest BCUT2D eigenvalue weighted by Crippen LogP contribution is 2.29. The molecule has 1 aliphatic rings. The normalized spacial score (nSPS) is 20.1. The van der Waals surface area contributed by atoms with Crippen molar-refractivity contribution < 1.29 is 4.42 Å². The highest BCUT2D eigenvalue weighted by molar-refractivity contribution is 5.77. The van der Waals surface area contributed by atoms with Crippen LogP contribution in [0.3, 0.4) is 0 Å². The van der Waals surface area contributed by atoms with Gasteiger partial charge in [0.1, 0.15) is 0 Å². The van der Waals surface area contributed by atoms with Crippen LogP contribution in [0.4, 0.5) is 0 Å². The zero-order chi connectivity index (χ0) is 13.6. The minimum Gasteiger partial charge on any atom is -0.408 e. The lowest BCUT2D eigenvalue weighted by Crippen LogP contribution is -2.40. The van der Waals surface area contributed by atoms with Crippen molar-refractivity contribution in [2.75, 3.05) is 6.54 Å². The molecule has 1 aromatic carbocycles. The molecular formula is C15H20N2O2. The smallest absolute Gasteiger partial charge is 0.408 e. The van der Waals surface area contributed by atoms with E-state index in [0.717, 1.165) is 30.6 Å². The molecule has 0 fully saturated rings. The molecule has 2 heterocycles. The number of oxazole rings is 1. The third-order valence-electron chi connectivity index (χ3n) is 3.88. The summed E-state index contributed by atoms with van der Waals surface area (Å²) in [6.45, 7) is 8.79. The number of fused-ring (bicyclic) bond motifs is 3. The molecule has 102 valence electrons. The first-order chi connectivity index (χ1) is 9.04. The molecule has 19 heavy (non-hydrogen) atoms. The van der Waals surface area contributed by atoms with Crippen molar-refractivity contribution in [2.45, 2.75) is 39.8 Å². The van der Waals surface area contributed by atoms with E-state index in [-0.39, 0.29) is 5.76 Å². The van der Waals surface area contributed by atoms with E-state index < -0.39 is 0 Å². The Balaban J connectivity index is 2.02. The van der Waals surface area contributed by atoms with Gasteiger partial charge in [0.2, 0.25) is 0 Å². The van der Waals surface area contributed by atoms with Crippen LogP contribution >= 0.6 is 0 Å². The molecule has 0 saturated heterocycles. The summed E-state index contributed by atoms with van der Waals surface area (Å²) in [4.78, 5) is 16.6. The van der Waals surface area contributed by atoms with Crippen LogP contribution in [0.15, 0.2) is 21.3 Å². The molecule has 1 aromatic heterocycles. The standard InChI is InChI=1S/C15H20N2O2/c1-9(2)7-17-8-11-4-5-13-14(19-15(18)16-13)12(11)6-10(17)3/h4-5,9-10H,6-8H2,1-3H3,(H,16,18). The van der Waals surface area contributed by atoms with Gasteiger partial charge in [-0.3, -0.25) is 9.88 Å². The highest BCUT2D eigenvalue weighted by Gasteiger charge is 2.26. The van der Waals surface area contributed by atoms with Crippen LogP contribution < -0.4 is 5.76 Å². The first-order valence-electron chi connectivity index (χ1n) is 6.92. The number of rotatable bonds is 2. The fraction of sp³-hybridized carbons (Fsp3) is 0.533. The van der Waals surface area contributed by atoms with Gasteiger partial charge in [-0.25, -0.2) is 4.79 Å². The van der Waals surface area contributed by atoms with E-state index in [1.54, 1.807) is 0 Å². The van der Waals surface area contributed by atoms with E-state index in [1.807, 2.05) is 6.07 Å². The van der Waals surface area contributed by atoms with E-state index in [0.29, 0.717) is 12.0 Å². The molecule has 4 heteroatoms. The Morgan fingerprint density at radius 3 is 3.00 bits per heavy atom. The molecule has 1 atom stereocenters. The van der Waals surface area contributed by atoms with E-state index in [1.165, 1.54) is 11.1 Å². The number of aromatic amines is 1. The van der Waals surface area contributed by atoms with Crippen LogP contribution in [0.1, 0.15) is 31.9 Å². The summed E-state index contributed by atoms with van der Waals surface area (Å²) in [5.74, 6) is 0.304. The van der Waals surface area contributed by atoms with Crippen molar-refractivity contribution in [2.24, 2.45) is 5.92 Å². The maximum absolute atomic E-state index is 11.3. The number of aromatic nitrogens is 1. The largest absolute Gasteiger partial charge is 0.417 e. The maximum atomic E-state index is 11.3. The van der Waals surface area contributed by atoms with Crippen molar-refractivity contribution >= 4 is 11.1 Å². The summed E-state index contributed by atoms with van der Waals surface area (Å²) < 4.78 is 5.30. The lowest BCUT2D eigenvalue weighted by atomic mass is 9.93. The summed E-state index contributed by atoms with van der Waals surface area (Å²) in [6.07, 6.45) is 0.945. The van der Waals surface area contributed by atoms with E-state index in [9.17, 15) is 4.79 Å². The van der Waals surface area contributed by atoms with Crippen molar-refractivity contribution in [1.82, 2.24) is 9.88 Å². The fourth-order valence-corrected chi connectivity index (χ4v) is 3.00. The molecule has 1 aliphatic heterocycles. The van der Waals surface area contributed by atoms with Gasteiger partial charge >= 0.3 is 5.76 Å². The zero-order valence-corrected chi connectivity index (χ0v) is 11.7. The topological polar surface area (TPSA) is 49.2 Å². The molecular weight excluding hydrogens is 240 g/mol. The van der Waals surface area contributed by atoms with Crippen LogP contribution in [0, 0.1) is 5.92 Å². The average Bonchev–Trinajstić information content (AvgIpc) is 2.71. The predicted octanol–water partition coefficient (Wildman–Crippen LogP) is 2.52. The second kappa shape index (κ2) is 4.53. The molecule has 0 saturated carbocycles. The molecule has 0 amide bonds. The third-order valence-corrected chi connectivity index (χ3v) is 3.88. The number of nitrogens with zero attached hydrogens (tertiary/aromatic N) is 1. The Bertz CT molecular complexity index is 654. The van der Waals surface area contributed by atoms with Gasteiger partial charge in [-0.15, -0.1) is 0 Å². The second-order valence-corrected chi connectivity index (χ2v) is 5.97. The van der Waals surface area contributed by atoms with Gasteiger partial charge in [-0.2, -0.15) is 0 Å². The van der Waals surface area contributed by atoms with Gasteiger partial charge in [0.15, 0.2) is 5.58 Å². The number of hydrogen-bond donors (Lipinski definition) is 1. The molecule has 4 nitrogen and oxygen atoms in total. The van der Waals surface area contributed by atoms with Crippen molar-refractivity contribution in [1.29, 1.82) is 0 Å². The van der Waals surface area contributed by atoms with Gasteiger partial charge in [-0.05, 0) is 30.9 Å². The Labute approximate surface area is 112 Å². The lowest BCUT2D eigenvalue weighted by Gasteiger charge is -2.35. The van der Waals surface area contributed by atoms with E-state index in [2.05, 4.69) is 36.7 Å². The van der Waals surface area contributed by atoms with Crippen molar-refractivity contribution in [3.8, 4) is 0 Å². The highest BCUT2D eigenvalue weighted by atomic mass is 16.4. The number of nitrogens with one attached hydrogen (secondary N) is 1. The Morgan fingerprint density at radius 2 is 2.26 bits per heavy atom. The average molecular weight is 260 g/mol. The SMILES string of the molecule is CC(C)CN1Cc2ccc3[nH]c(=O)oc3c2CC1C. The fourth-order valence-electron chi connectivity index (χ4n) is 3.00. The zero-order valence-electron chi connectivity index (χ0n) is 11.7. The molecule has 2 aromatic rings. The molecule has 0 radical (unpaired) electrons. The van der Waals surface area contributed by atoms with Crippen LogP contribution in [0.25, 0.3) is 11.1 Å². The van der Waals surface area contributed by atoms with Crippen molar-refractivity contribution in [3.63, 3.8) is 0 Å². The number of hydrogen-bond acceptors (Lipinski definition) is 3. The summed E-state index contributed by atoms with van der Waals surface area (Å²) in [5, 5.41) is 0. The third kappa shape index (κ3) is 2.21. The molecule has 0 aliphatic carbocycles. The van der Waals surface area contributed by atoms with Gasteiger partial charge < -0.3 is 4.42 Å². The summed E-state index contributed by atoms with van der Waals surface area (Å²) >= 11 is 0. The van der Waals surface area contributed by atoms with Crippen LogP contribution in [-0.2, 0) is 13.0 Å². The van der Waals surface area contributed by atoms with Crippen molar-refractivity contribution in [3.05, 3.63) is 33.8 Å². The molecule has 1 unspecified atom stereocenters. The van der Waals surface area contributed by atoms with Crippen LogP contribution in [0.5, 0.6) is 0 Å². The lowest BCUT2D eigenvalue weighted by molar-refractivity contribution is 0.164. The second-order valence-electron chi connectivity index (χ2n) is 5.97. The Hall–Kier alpha value is -1.55. The summed E-state index contributed by atoms with van der Waals surface area (Å²) in [6, 6.07) is 4.55. The van der Waals surface area contributed by atoms with E-state index in [4.69, 9.17) is 4.42 Å². The predicted molar refractivity (Wildman–Crippen MR) is 75.2 cm³/mol. The molecule has 0 bridgehead atoms. The Morgan fingerprint density at radius 1 is 1.47 bits per heavy atom. The van der Waals surface area contributed by atoms with Gasteiger partial charge in [-0.1, -0.05) is 19.9 Å². The maximum Gasteiger partial charge on any atom is 0.417 e. The minimum absolute atomic E-state index is 0.360. The van der Waals surface area contributed by atoms with Gasteiger partial charge in [0.05, 0.1) is 5.52 Å². The van der Waals surface area contributed by atoms with Crippen LogP contribution in [-0.4, -0.2) is 22.5 Å². The molecule has 3 rings (SSSR count). The van der Waals surface area contributed by atoms with Gasteiger partial charge in [0, 0.05) is 24.7 Å². The summed E-state index contributed by atoms with van der Waals surface area (Å²) in [7, 11) is 0. The first-order valence-corrected chi connectivity index (χ1v) is 6.92. The minimum atomic E-state index is -0.360. The van der Waals surface area contributed by atoms with Gasteiger partial charge in [0.25, 0.3) is 0 Å².